The second-order valence-electron chi connectivity index (χ2n) is 6.43. The van der Waals surface area contributed by atoms with Crippen LogP contribution in [0.5, 0.6) is 0 Å². The molecule has 0 bridgehead atoms. The van der Waals surface area contributed by atoms with E-state index >= 15 is 0 Å². The molecule has 0 fully saturated rings. The third kappa shape index (κ3) is 4.02. The molecule has 2 aromatic heterocycles. The summed E-state index contributed by atoms with van der Waals surface area (Å²) in [6.07, 6.45) is 1.64. The van der Waals surface area contributed by atoms with E-state index in [0.29, 0.717) is 11.7 Å². The maximum Gasteiger partial charge on any atom is 0.337 e. The first-order valence-corrected chi connectivity index (χ1v) is 8.77. The van der Waals surface area contributed by atoms with Gasteiger partial charge in [-0.2, -0.15) is 5.10 Å². The van der Waals surface area contributed by atoms with Crippen LogP contribution in [0.1, 0.15) is 0 Å². The number of nitrogens with zero attached hydrogens (tertiary/aromatic N) is 3. The van der Waals surface area contributed by atoms with Gasteiger partial charge in [0.2, 0.25) is 0 Å². The third-order valence-corrected chi connectivity index (χ3v) is 4.28. The molecule has 2 heterocycles. The van der Waals surface area contributed by atoms with Crippen molar-refractivity contribution in [3.05, 3.63) is 72.2 Å². The van der Waals surface area contributed by atoms with Gasteiger partial charge in [-0.25, -0.2) is 22.9 Å². The molecule has 4 rings (SSSR count). The first kappa shape index (κ1) is 19.2. The lowest BCUT2D eigenvalue weighted by Gasteiger charge is -2.12. The van der Waals surface area contributed by atoms with Gasteiger partial charge >= 0.3 is 6.03 Å². The van der Waals surface area contributed by atoms with E-state index in [1.807, 2.05) is 0 Å². The highest BCUT2D eigenvalue weighted by atomic mass is 19.1. The van der Waals surface area contributed by atoms with Crippen molar-refractivity contribution in [1.82, 2.24) is 20.2 Å². The van der Waals surface area contributed by atoms with Crippen LogP contribution in [-0.4, -0.2) is 20.8 Å². The zero-order chi connectivity index (χ0) is 21.3. The van der Waals surface area contributed by atoms with Crippen molar-refractivity contribution in [2.75, 3.05) is 10.7 Å². The number of carbonyl (C=O) groups is 1. The van der Waals surface area contributed by atoms with Gasteiger partial charge in [-0.1, -0.05) is 12.1 Å². The van der Waals surface area contributed by atoms with Gasteiger partial charge in [-0.15, -0.1) is 0 Å². The van der Waals surface area contributed by atoms with Gasteiger partial charge in [-0.3, -0.25) is 15.5 Å². The van der Waals surface area contributed by atoms with Gasteiger partial charge in [0.25, 0.3) is 0 Å². The summed E-state index contributed by atoms with van der Waals surface area (Å²) < 4.78 is 41.3. The number of anilines is 2. The van der Waals surface area contributed by atoms with Crippen molar-refractivity contribution < 1.29 is 18.0 Å². The van der Waals surface area contributed by atoms with Crippen LogP contribution >= 0.6 is 0 Å². The quantitative estimate of drug-likeness (QED) is 0.439. The van der Waals surface area contributed by atoms with Crippen LogP contribution in [0.15, 0.2) is 54.7 Å². The average Bonchev–Trinajstić information content (AvgIpc) is 3.07. The topological polar surface area (TPSA) is 83.9 Å². The number of amides is 2. The molecule has 0 spiro atoms. The predicted octanol–water partition coefficient (Wildman–Crippen LogP) is 4.20. The molecule has 0 aliphatic carbocycles. The number of pyridine rings is 1. The lowest BCUT2D eigenvalue weighted by molar-refractivity contribution is 0.254. The Kier molecular flexibility index (Phi) is 4.97. The first-order valence-electron chi connectivity index (χ1n) is 8.77. The molecule has 0 unspecified atom stereocenters. The fraction of sp³-hybridized carbons (Fsp3) is 0.0500. The Morgan fingerprint density at radius 3 is 2.37 bits per heavy atom. The maximum absolute atomic E-state index is 13.3. The Balaban J connectivity index is 1.57. The summed E-state index contributed by atoms with van der Waals surface area (Å²) in [5.74, 6) is -1.71. The van der Waals surface area contributed by atoms with Crippen molar-refractivity contribution >= 4 is 28.6 Å². The van der Waals surface area contributed by atoms with E-state index in [4.69, 9.17) is 0 Å². The number of halogens is 3. The molecule has 0 aliphatic heterocycles. The molecule has 4 aromatic rings. The molecule has 30 heavy (non-hydrogen) atoms. The monoisotopic (exact) mass is 412 g/mol. The van der Waals surface area contributed by atoms with E-state index in [1.54, 1.807) is 36.1 Å². The van der Waals surface area contributed by atoms with Crippen LogP contribution in [0.4, 0.5) is 29.5 Å². The number of nitrogens with one attached hydrogen (secondary N) is 3. The van der Waals surface area contributed by atoms with Crippen molar-refractivity contribution in [3.8, 4) is 11.1 Å². The summed E-state index contributed by atoms with van der Waals surface area (Å²) in [4.78, 5) is 16.5. The van der Waals surface area contributed by atoms with Crippen LogP contribution < -0.4 is 16.2 Å². The van der Waals surface area contributed by atoms with Gasteiger partial charge in [0.1, 0.15) is 23.3 Å². The molecule has 2 aromatic carbocycles. The van der Waals surface area contributed by atoms with Gasteiger partial charge < -0.3 is 5.32 Å². The Bertz CT molecular complexity index is 1220. The van der Waals surface area contributed by atoms with Crippen molar-refractivity contribution in [2.45, 2.75) is 0 Å². The van der Waals surface area contributed by atoms with Crippen LogP contribution in [0.2, 0.25) is 0 Å². The summed E-state index contributed by atoms with van der Waals surface area (Å²) in [5, 5.41) is 7.24. The summed E-state index contributed by atoms with van der Waals surface area (Å²) in [6.45, 7) is 0. The smallest absolute Gasteiger partial charge is 0.306 e. The Labute approximate surface area is 168 Å². The van der Waals surface area contributed by atoms with Gasteiger partial charge in [0.15, 0.2) is 5.65 Å². The minimum Gasteiger partial charge on any atom is -0.306 e. The first-order chi connectivity index (χ1) is 14.4. The zero-order valence-corrected chi connectivity index (χ0v) is 15.6. The van der Waals surface area contributed by atoms with Crippen molar-refractivity contribution in [2.24, 2.45) is 7.05 Å². The summed E-state index contributed by atoms with van der Waals surface area (Å²) in [7, 11) is 1.71. The van der Waals surface area contributed by atoms with Crippen LogP contribution in [0.3, 0.4) is 0 Å². The van der Waals surface area contributed by atoms with E-state index in [1.165, 1.54) is 12.1 Å². The number of rotatable bonds is 4. The van der Waals surface area contributed by atoms with E-state index in [-0.39, 0.29) is 17.3 Å². The van der Waals surface area contributed by atoms with Crippen LogP contribution in [0, 0.1) is 17.5 Å². The number of aryl methyl sites for hydroxylation is 1. The summed E-state index contributed by atoms with van der Waals surface area (Å²) >= 11 is 0. The molecule has 0 atom stereocenters. The molecule has 3 N–H and O–H groups in total. The Hall–Kier alpha value is -4.08. The molecule has 10 heteroatoms. The number of benzene rings is 2. The van der Waals surface area contributed by atoms with E-state index < -0.39 is 17.7 Å². The molecular formula is C20H15F3N6O. The minimum atomic E-state index is -0.814. The molecule has 152 valence electrons. The molecular weight excluding hydrogens is 397 g/mol. The number of carbonyl (C=O) groups excluding carboxylic acids is 1. The number of hydrogen-bond donors (Lipinski definition) is 3. The standard InChI is InChI=1S/C20H15F3N6O/c1-29-19-17(10-24-29)16(11-2-4-12(21)5-3-11)9-18(26-19)27-28-20(30)25-15-7-13(22)6-14(23)8-15/h2-10H,1H3,(H,26,27)(H2,25,28,30). The largest absolute Gasteiger partial charge is 0.337 e. The van der Waals surface area contributed by atoms with Crippen molar-refractivity contribution in [1.29, 1.82) is 0 Å². The summed E-state index contributed by atoms with van der Waals surface area (Å²) in [5.41, 5.74) is 6.95. The Morgan fingerprint density at radius 1 is 0.967 bits per heavy atom. The number of aromatic nitrogens is 3. The molecule has 2 amide bonds. The number of fused-ring (bicyclic) bond motifs is 1. The number of hydrazine groups is 1. The molecule has 0 aliphatic rings. The highest BCUT2D eigenvalue weighted by Crippen LogP contribution is 2.30. The molecule has 0 radical (unpaired) electrons. The fourth-order valence-corrected chi connectivity index (χ4v) is 2.96. The average molecular weight is 412 g/mol. The second kappa shape index (κ2) is 7.74. The van der Waals surface area contributed by atoms with E-state index in [9.17, 15) is 18.0 Å². The fourth-order valence-electron chi connectivity index (χ4n) is 2.96. The Morgan fingerprint density at radius 2 is 1.67 bits per heavy atom. The highest BCUT2D eigenvalue weighted by molar-refractivity contribution is 5.95. The third-order valence-electron chi connectivity index (χ3n) is 4.28. The van der Waals surface area contributed by atoms with Crippen molar-refractivity contribution in [3.63, 3.8) is 0 Å². The lowest BCUT2D eigenvalue weighted by Crippen LogP contribution is -2.34. The molecule has 7 nitrogen and oxygen atoms in total. The number of hydrogen-bond acceptors (Lipinski definition) is 4. The SMILES string of the molecule is Cn1ncc2c(-c3ccc(F)cc3)cc(NNC(=O)Nc3cc(F)cc(F)c3)nc21. The normalized spacial score (nSPS) is 10.8. The number of urea groups is 1. The lowest BCUT2D eigenvalue weighted by atomic mass is 10.0. The second-order valence-corrected chi connectivity index (χ2v) is 6.43. The highest BCUT2D eigenvalue weighted by Gasteiger charge is 2.13. The zero-order valence-electron chi connectivity index (χ0n) is 15.6. The van der Waals surface area contributed by atoms with Crippen LogP contribution in [0.25, 0.3) is 22.2 Å². The van der Waals surface area contributed by atoms with E-state index in [2.05, 4.69) is 26.3 Å². The van der Waals surface area contributed by atoms with Crippen LogP contribution in [-0.2, 0) is 7.05 Å². The van der Waals surface area contributed by atoms with E-state index in [0.717, 1.165) is 28.6 Å². The maximum atomic E-state index is 13.3. The van der Waals surface area contributed by atoms with Gasteiger partial charge in [0.05, 0.1) is 6.20 Å². The minimum absolute atomic E-state index is 0.0474. The molecule has 0 saturated heterocycles. The van der Waals surface area contributed by atoms with Gasteiger partial charge in [0, 0.05) is 24.2 Å². The van der Waals surface area contributed by atoms with Gasteiger partial charge in [-0.05, 0) is 41.5 Å². The summed E-state index contributed by atoms with van der Waals surface area (Å²) in [6, 6.07) is 9.51. The predicted molar refractivity (Wildman–Crippen MR) is 106 cm³/mol. The molecule has 0 saturated carbocycles.